The Kier molecular flexibility index (Phi) is 3.15. The molecule has 1 N–H and O–H groups in total. The quantitative estimate of drug-likeness (QED) is 0.899. The lowest BCUT2D eigenvalue weighted by Gasteiger charge is -2.31. The average molecular weight is 246 g/mol. The first-order valence-electron chi connectivity index (χ1n) is 6.55. The molecule has 0 aliphatic carbocycles. The van der Waals surface area contributed by atoms with Gasteiger partial charge in [-0.3, -0.25) is 0 Å². The van der Waals surface area contributed by atoms with E-state index in [0.29, 0.717) is 17.7 Å². The number of hydrogen-bond acceptors (Lipinski definition) is 5. The molecule has 3 rings (SSSR count). The molecule has 0 aromatic carbocycles. The minimum Gasteiger partial charge on any atom is -0.422 e. The fraction of sp³-hybridized carbons (Fsp3) is 0.538. The molecule has 1 aliphatic rings. The normalized spacial score (nSPS) is 21.3. The van der Waals surface area contributed by atoms with Crippen molar-refractivity contribution < 1.29 is 4.42 Å². The number of oxazole rings is 1. The Morgan fingerprint density at radius 2 is 2.50 bits per heavy atom. The number of hydrogen-bond donors (Lipinski definition) is 1. The fourth-order valence-electron chi connectivity index (χ4n) is 2.47. The molecule has 1 atom stereocenters. The highest BCUT2D eigenvalue weighted by Crippen LogP contribution is 2.19. The van der Waals surface area contributed by atoms with Crippen molar-refractivity contribution in [1.82, 2.24) is 14.9 Å². The molecule has 2 aromatic heterocycles. The molecule has 3 heterocycles. The van der Waals surface area contributed by atoms with Crippen LogP contribution in [0.3, 0.4) is 0 Å². The second-order valence-electron chi connectivity index (χ2n) is 4.72. The van der Waals surface area contributed by atoms with Gasteiger partial charge in [0, 0.05) is 18.8 Å². The van der Waals surface area contributed by atoms with Crippen LogP contribution in [0.15, 0.2) is 22.7 Å². The third kappa shape index (κ3) is 2.31. The van der Waals surface area contributed by atoms with E-state index in [9.17, 15) is 0 Å². The van der Waals surface area contributed by atoms with Crippen LogP contribution in [0.4, 0.5) is 6.01 Å². The molecule has 5 heteroatoms. The van der Waals surface area contributed by atoms with Crippen LogP contribution < -0.4 is 5.32 Å². The van der Waals surface area contributed by atoms with Gasteiger partial charge in [-0.25, -0.2) is 4.98 Å². The van der Waals surface area contributed by atoms with E-state index in [4.69, 9.17) is 4.42 Å². The topological polar surface area (TPSA) is 54.2 Å². The SMILES string of the molecule is CCN1CCC[C@@H](Nc2nc3ncccc3o2)C1. The lowest BCUT2D eigenvalue weighted by atomic mass is 10.1. The van der Waals surface area contributed by atoms with Crippen LogP contribution in [-0.2, 0) is 0 Å². The Morgan fingerprint density at radius 3 is 3.33 bits per heavy atom. The first-order valence-corrected chi connectivity index (χ1v) is 6.55. The maximum atomic E-state index is 5.64. The van der Waals surface area contributed by atoms with E-state index < -0.39 is 0 Å². The fourth-order valence-corrected chi connectivity index (χ4v) is 2.47. The number of nitrogens with one attached hydrogen (secondary N) is 1. The standard InChI is InChI=1S/C13H18N4O/c1-2-17-8-4-5-10(9-17)15-13-16-12-11(18-13)6-3-7-14-12/h3,6-7,10H,2,4-5,8-9H2,1H3,(H,14,15,16)/t10-/m1/s1. The van der Waals surface area contributed by atoms with Gasteiger partial charge in [0.05, 0.1) is 0 Å². The Bertz CT molecular complexity index is 491. The van der Waals surface area contributed by atoms with Crippen LogP contribution in [0.25, 0.3) is 11.2 Å². The smallest absolute Gasteiger partial charge is 0.297 e. The van der Waals surface area contributed by atoms with E-state index in [1.54, 1.807) is 6.20 Å². The lowest BCUT2D eigenvalue weighted by molar-refractivity contribution is 0.225. The van der Waals surface area contributed by atoms with Gasteiger partial charge in [-0.1, -0.05) is 6.92 Å². The third-order valence-corrected chi connectivity index (χ3v) is 3.45. The van der Waals surface area contributed by atoms with E-state index >= 15 is 0 Å². The van der Waals surface area contributed by atoms with Gasteiger partial charge in [-0.2, -0.15) is 4.98 Å². The molecule has 0 radical (unpaired) electrons. The Labute approximate surface area is 106 Å². The summed E-state index contributed by atoms with van der Waals surface area (Å²) in [5.41, 5.74) is 1.41. The van der Waals surface area contributed by atoms with Crippen LogP contribution in [-0.4, -0.2) is 40.5 Å². The van der Waals surface area contributed by atoms with Crippen molar-refractivity contribution in [2.24, 2.45) is 0 Å². The second-order valence-corrected chi connectivity index (χ2v) is 4.72. The molecule has 0 amide bonds. The van der Waals surface area contributed by atoms with Crippen molar-refractivity contribution in [1.29, 1.82) is 0 Å². The highest BCUT2D eigenvalue weighted by molar-refractivity contribution is 5.69. The van der Waals surface area contributed by atoms with Gasteiger partial charge >= 0.3 is 0 Å². The molecular weight excluding hydrogens is 228 g/mol. The van der Waals surface area contributed by atoms with Crippen molar-refractivity contribution >= 4 is 17.2 Å². The maximum absolute atomic E-state index is 5.64. The molecular formula is C13H18N4O. The highest BCUT2D eigenvalue weighted by atomic mass is 16.4. The van der Waals surface area contributed by atoms with Crippen molar-refractivity contribution in [3.63, 3.8) is 0 Å². The number of rotatable bonds is 3. The van der Waals surface area contributed by atoms with Crippen LogP contribution >= 0.6 is 0 Å². The number of aromatic nitrogens is 2. The Balaban J connectivity index is 1.71. The summed E-state index contributed by atoms with van der Waals surface area (Å²) in [4.78, 5) is 11.0. The zero-order chi connectivity index (χ0) is 12.4. The number of likely N-dealkylation sites (N-methyl/N-ethyl adjacent to an activating group) is 1. The molecule has 0 unspecified atom stereocenters. The molecule has 18 heavy (non-hydrogen) atoms. The number of likely N-dealkylation sites (tertiary alicyclic amines) is 1. The van der Waals surface area contributed by atoms with Crippen molar-refractivity contribution in [3.05, 3.63) is 18.3 Å². The molecule has 5 nitrogen and oxygen atoms in total. The highest BCUT2D eigenvalue weighted by Gasteiger charge is 2.20. The van der Waals surface area contributed by atoms with Crippen LogP contribution in [0, 0.1) is 0 Å². The predicted molar refractivity (Wildman–Crippen MR) is 70.6 cm³/mol. The minimum atomic E-state index is 0.423. The number of nitrogens with zero attached hydrogens (tertiary/aromatic N) is 3. The van der Waals surface area contributed by atoms with Crippen LogP contribution in [0.1, 0.15) is 19.8 Å². The van der Waals surface area contributed by atoms with Crippen molar-refractivity contribution in [2.75, 3.05) is 25.0 Å². The number of piperidine rings is 1. The summed E-state index contributed by atoms with van der Waals surface area (Å²) in [7, 11) is 0. The summed E-state index contributed by atoms with van der Waals surface area (Å²) >= 11 is 0. The van der Waals surface area contributed by atoms with E-state index in [1.165, 1.54) is 19.4 Å². The number of anilines is 1. The summed E-state index contributed by atoms with van der Waals surface area (Å²) in [6.45, 7) is 5.56. The molecule has 0 saturated carbocycles. The second kappa shape index (κ2) is 4.94. The van der Waals surface area contributed by atoms with E-state index in [-0.39, 0.29) is 0 Å². The predicted octanol–water partition coefficient (Wildman–Crippen LogP) is 2.12. The van der Waals surface area contributed by atoms with Gasteiger partial charge in [0.1, 0.15) is 0 Å². The van der Waals surface area contributed by atoms with Gasteiger partial charge in [-0.15, -0.1) is 0 Å². The average Bonchev–Trinajstić information content (AvgIpc) is 2.81. The first kappa shape index (κ1) is 11.5. The van der Waals surface area contributed by atoms with Gasteiger partial charge in [0.15, 0.2) is 5.58 Å². The van der Waals surface area contributed by atoms with E-state index in [1.807, 2.05) is 12.1 Å². The summed E-state index contributed by atoms with van der Waals surface area (Å²) < 4.78 is 5.64. The zero-order valence-corrected chi connectivity index (χ0v) is 10.6. The van der Waals surface area contributed by atoms with E-state index in [2.05, 4.69) is 27.1 Å². The Morgan fingerprint density at radius 1 is 1.56 bits per heavy atom. The molecule has 0 spiro atoms. The molecule has 1 fully saturated rings. The lowest BCUT2D eigenvalue weighted by Crippen LogP contribution is -2.41. The first-order chi connectivity index (χ1) is 8.85. The van der Waals surface area contributed by atoms with Gasteiger partial charge in [0.25, 0.3) is 6.01 Å². The summed E-state index contributed by atoms with van der Waals surface area (Å²) in [5.74, 6) is 0. The van der Waals surface area contributed by atoms with Gasteiger partial charge < -0.3 is 14.6 Å². The largest absolute Gasteiger partial charge is 0.422 e. The molecule has 96 valence electrons. The van der Waals surface area contributed by atoms with E-state index in [0.717, 1.165) is 18.7 Å². The van der Waals surface area contributed by atoms with Crippen LogP contribution in [0.2, 0.25) is 0 Å². The minimum absolute atomic E-state index is 0.423. The molecule has 1 aliphatic heterocycles. The van der Waals surface area contributed by atoms with Crippen molar-refractivity contribution in [3.8, 4) is 0 Å². The Hall–Kier alpha value is -1.62. The van der Waals surface area contributed by atoms with Gasteiger partial charge in [0.2, 0.25) is 5.65 Å². The molecule has 0 bridgehead atoms. The van der Waals surface area contributed by atoms with Crippen molar-refractivity contribution in [2.45, 2.75) is 25.8 Å². The summed E-state index contributed by atoms with van der Waals surface area (Å²) in [6.07, 6.45) is 4.13. The monoisotopic (exact) mass is 246 g/mol. The summed E-state index contributed by atoms with van der Waals surface area (Å²) in [5, 5.41) is 3.38. The molecule has 2 aromatic rings. The zero-order valence-electron chi connectivity index (χ0n) is 10.6. The summed E-state index contributed by atoms with van der Waals surface area (Å²) in [6, 6.07) is 4.76. The maximum Gasteiger partial charge on any atom is 0.297 e. The third-order valence-electron chi connectivity index (χ3n) is 3.45. The number of pyridine rings is 1. The van der Waals surface area contributed by atoms with Gasteiger partial charge in [-0.05, 0) is 38.1 Å². The van der Waals surface area contributed by atoms with Crippen LogP contribution in [0.5, 0.6) is 0 Å². The molecule has 1 saturated heterocycles. The number of fused-ring (bicyclic) bond motifs is 1.